The molecule has 0 saturated carbocycles. The molecule has 8 heteroatoms. The molecule has 0 N–H and O–H groups in total. The number of esters is 2. The quantitative estimate of drug-likeness (QED) is 0.145. The van der Waals surface area contributed by atoms with E-state index < -0.39 is 0 Å². The van der Waals surface area contributed by atoms with Crippen molar-refractivity contribution in [2.75, 3.05) is 67.6 Å². The number of quaternary nitrogens is 2. The van der Waals surface area contributed by atoms with E-state index in [-0.39, 0.29) is 45.9 Å². The van der Waals surface area contributed by atoms with Crippen LogP contribution in [0.15, 0.2) is 0 Å². The van der Waals surface area contributed by atoms with Gasteiger partial charge in [-0.05, 0) is 39.5 Å². The van der Waals surface area contributed by atoms with E-state index >= 15 is 0 Å². The minimum Gasteiger partial charge on any atom is -1.00 e. The molecule has 0 fully saturated rings. The molecule has 0 spiro atoms. The molecule has 0 saturated heterocycles. The van der Waals surface area contributed by atoms with Gasteiger partial charge in [-0.1, -0.05) is 0 Å². The van der Waals surface area contributed by atoms with Crippen LogP contribution in [-0.4, -0.2) is 88.5 Å². The van der Waals surface area contributed by atoms with Gasteiger partial charge in [-0.3, -0.25) is 0 Å². The Hall–Kier alpha value is -0.180. The Balaban J connectivity index is -0.00000264. The van der Waals surface area contributed by atoms with Crippen molar-refractivity contribution in [3.8, 4) is 0 Å². The largest absolute Gasteiger partial charge is 1.00 e. The Labute approximate surface area is 180 Å². The number of nitrogens with zero attached hydrogens (tertiary/aromatic N) is 2. The molecule has 0 aromatic rings. The maximum atomic E-state index is 11.6. The van der Waals surface area contributed by atoms with Crippen molar-refractivity contribution >= 4 is 11.9 Å². The summed E-state index contributed by atoms with van der Waals surface area (Å²) in [6.07, 6.45) is 4.48. The summed E-state index contributed by atoms with van der Waals surface area (Å²) in [7, 11) is 8.26. The third kappa shape index (κ3) is 17.2. The Morgan fingerprint density at radius 2 is 0.962 bits per heavy atom. The molecule has 0 aromatic heterocycles. The van der Waals surface area contributed by atoms with Crippen molar-refractivity contribution in [3.05, 3.63) is 0 Å². The Kier molecular flexibility index (Phi) is 18.6. The monoisotopic (exact) mass is 504 g/mol. The predicted octanol–water partition coefficient (Wildman–Crippen LogP) is -4.17. The van der Waals surface area contributed by atoms with E-state index in [1.165, 1.54) is 0 Å². The van der Waals surface area contributed by atoms with Crippen LogP contribution in [0.5, 0.6) is 0 Å². The molecule has 0 amide bonds. The molecule has 0 aromatic carbocycles. The number of hydrogen-bond acceptors (Lipinski definition) is 4. The van der Waals surface area contributed by atoms with E-state index in [9.17, 15) is 9.59 Å². The summed E-state index contributed by atoms with van der Waals surface area (Å²) < 4.78 is 11.4. The first kappa shape index (κ1) is 30.5. The molecule has 0 unspecified atom stereocenters. The van der Waals surface area contributed by atoms with Crippen molar-refractivity contribution in [3.63, 3.8) is 0 Å². The van der Waals surface area contributed by atoms with Gasteiger partial charge in [-0.25, -0.2) is 9.59 Å². The topological polar surface area (TPSA) is 52.6 Å². The summed E-state index contributed by atoms with van der Waals surface area (Å²) in [5.41, 5.74) is 0. The summed E-state index contributed by atoms with van der Waals surface area (Å²) in [6, 6.07) is 0. The third-order valence-electron chi connectivity index (χ3n) is 4.00. The number of carbonyl (C=O) groups excluding carboxylic acids is 2. The van der Waals surface area contributed by atoms with Crippen LogP contribution >= 0.6 is 0 Å². The van der Waals surface area contributed by atoms with E-state index in [0.717, 1.165) is 38.8 Å². The highest BCUT2D eigenvalue weighted by Gasteiger charge is 2.21. The Bertz CT molecular complexity index is 355. The zero-order valence-electron chi connectivity index (χ0n) is 17.4. The maximum Gasteiger partial charge on any atom is 0.361 e. The first-order chi connectivity index (χ1) is 11.1. The smallest absolute Gasteiger partial charge is 0.361 e. The van der Waals surface area contributed by atoms with E-state index in [0.29, 0.717) is 35.3 Å². The molecular weight excluding hydrogens is 468 g/mol. The first-order valence-electron chi connectivity index (χ1n) is 9.07. The highest BCUT2D eigenvalue weighted by atomic mass is 79.9. The maximum absolute atomic E-state index is 11.6. The lowest BCUT2D eigenvalue weighted by molar-refractivity contribution is -0.884. The second kappa shape index (κ2) is 15.8. The van der Waals surface area contributed by atoms with E-state index in [4.69, 9.17) is 9.47 Å². The number of ether oxygens (including phenoxy) is 2. The average Bonchev–Trinajstić information content (AvgIpc) is 2.41. The van der Waals surface area contributed by atoms with Crippen LogP contribution in [0, 0.1) is 0 Å². The zero-order valence-corrected chi connectivity index (χ0v) is 20.5. The van der Waals surface area contributed by atoms with Gasteiger partial charge in [0, 0.05) is 0 Å². The van der Waals surface area contributed by atoms with Crippen molar-refractivity contribution in [1.82, 2.24) is 0 Å². The van der Waals surface area contributed by atoms with Crippen molar-refractivity contribution < 1.29 is 62.0 Å². The first-order valence-corrected chi connectivity index (χ1v) is 9.07. The van der Waals surface area contributed by atoms with Crippen LogP contribution < -0.4 is 34.0 Å². The third-order valence-corrected chi connectivity index (χ3v) is 4.00. The summed E-state index contributed by atoms with van der Waals surface area (Å²) >= 11 is 0. The molecular formula is C18H38Br2N2O4. The highest BCUT2D eigenvalue weighted by molar-refractivity contribution is 5.70. The van der Waals surface area contributed by atoms with Gasteiger partial charge in [-0.15, -0.1) is 0 Å². The number of likely N-dealkylation sites (N-methyl/N-ethyl adjacent to an activating group) is 2. The van der Waals surface area contributed by atoms with Crippen LogP contribution in [0.25, 0.3) is 0 Å². The highest BCUT2D eigenvalue weighted by Crippen LogP contribution is 2.09. The van der Waals surface area contributed by atoms with Crippen LogP contribution in [0.1, 0.15) is 39.5 Å². The Morgan fingerprint density at radius 3 is 1.23 bits per heavy atom. The fraction of sp³-hybridized carbons (Fsp3) is 0.889. The minimum absolute atomic E-state index is 0. The van der Waals surface area contributed by atoms with Gasteiger partial charge in [0.25, 0.3) is 0 Å². The number of hydrogen-bond donors (Lipinski definition) is 0. The average molecular weight is 506 g/mol. The predicted molar refractivity (Wildman–Crippen MR) is 95.4 cm³/mol. The summed E-state index contributed by atoms with van der Waals surface area (Å²) in [4.78, 5) is 23.1. The van der Waals surface area contributed by atoms with E-state index in [1.807, 2.05) is 13.8 Å². The van der Waals surface area contributed by atoms with Gasteiger partial charge >= 0.3 is 11.9 Å². The number of halogens is 2. The molecule has 6 nitrogen and oxygen atoms in total. The summed E-state index contributed by atoms with van der Waals surface area (Å²) in [6.45, 7) is 7.35. The SMILES string of the molecule is CCOC(=O)C[N+](C)(C)CCCCCC[N+](C)(C)CC(=O)OCC.[Br-].[Br-]. The molecule has 0 aliphatic heterocycles. The lowest BCUT2D eigenvalue weighted by Gasteiger charge is -2.29. The summed E-state index contributed by atoms with van der Waals surface area (Å²) in [5.74, 6) is -0.249. The van der Waals surface area contributed by atoms with E-state index in [2.05, 4.69) is 28.2 Å². The molecule has 0 bridgehead atoms. The zero-order chi connectivity index (χ0) is 18.6. The van der Waals surface area contributed by atoms with Gasteiger partial charge in [0.1, 0.15) is 0 Å². The molecule has 0 aliphatic carbocycles. The lowest BCUT2D eigenvalue weighted by atomic mass is 10.1. The lowest BCUT2D eigenvalue weighted by Crippen LogP contribution is -3.00. The normalized spacial score (nSPS) is 11.2. The fourth-order valence-corrected chi connectivity index (χ4v) is 2.70. The molecule has 26 heavy (non-hydrogen) atoms. The molecule has 158 valence electrons. The van der Waals surface area contributed by atoms with Crippen molar-refractivity contribution in [1.29, 1.82) is 0 Å². The van der Waals surface area contributed by atoms with Crippen LogP contribution in [0.4, 0.5) is 0 Å². The molecule has 0 aliphatic rings. The van der Waals surface area contributed by atoms with Gasteiger partial charge in [0.15, 0.2) is 13.1 Å². The van der Waals surface area contributed by atoms with E-state index in [1.54, 1.807) is 0 Å². The number of unbranched alkanes of at least 4 members (excludes halogenated alkanes) is 3. The fourth-order valence-electron chi connectivity index (χ4n) is 2.70. The van der Waals surface area contributed by atoms with Gasteiger partial charge in [0.2, 0.25) is 0 Å². The van der Waals surface area contributed by atoms with Gasteiger partial charge < -0.3 is 52.4 Å². The van der Waals surface area contributed by atoms with Gasteiger partial charge in [-0.2, -0.15) is 0 Å². The van der Waals surface area contributed by atoms with Crippen LogP contribution in [-0.2, 0) is 19.1 Å². The number of rotatable bonds is 13. The van der Waals surface area contributed by atoms with Crippen molar-refractivity contribution in [2.45, 2.75) is 39.5 Å². The Morgan fingerprint density at radius 1 is 0.654 bits per heavy atom. The second-order valence-corrected chi connectivity index (χ2v) is 7.66. The van der Waals surface area contributed by atoms with Gasteiger partial charge in [0.05, 0.1) is 54.5 Å². The molecule has 0 radical (unpaired) electrons. The number of carbonyl (C=O) groups is 2. The van der Waals surface area contributed by atoms with Crippen molar-refractivity contribution in [2.24, 2.45) is 0 Å². The van der Waals surface area contributed by atoms with Crippen LogP contribution in [0.3, 0.4) is 0 Å². The molecule has 0 rings (SSSR count). The second-order valence-electron chi connectivity index (χ2n) is 7.66. The molecule has 0 heterocycles. The minimum atomic E-state index is -0.125. The standard InChI is InChI=1S/C18H38N2O4.2BrH/c1-7-23-17(21)15-19(3,4)13-11-9-10-12-14-20(5,6)16-18(22)24-8-2;;/h7-16H2,1-6H3;2*1H/q+2;;/p-2. The molecule has 0 atom stereocenters. The summed E-state index contributed by atoms with van der Waals surface area (Å²) in [5, 5.41) is 0. The van der Waals surface area contributed by atoms with Crippen LogP contribution in [0.2, 0.25) is 0 Å².